The number of para-hydroxylation sites is 1. The molecule has 1 heterocycles. The minimum atomic E-state index is 0.174. The van der Waals surface area contributed by atoms with Crippen LogP contribution in [-0.2, 0) is 0 Å². The fourth-order valence-corrected chi connectivity index (χ4v) is 3.96. The molecule has 0 aliphatic carbocycles. The molecule has 26 heavy (non-hydrogen) atoms. The highest BCUT2D eigenvalue weighted by atomic mass is 35.5. The first-order valence-electron chi connectivity index (χ1n) is 7.78. The van der Waals surface area contributed by atoms with Crippen molar-refractivity contribution in [2.75, 3.05) is 0 Å². The summed E-state index contributed by atoms with van der Waals surface area (Å²) >= 11 is 13.6. The molecule has 1 aromatic heterocycles. The molecule has 0 saturated heterocycles. The number of phenols is 1. The third-order valence-corrected chi connectivity index (χ3v) is 5.45. The molecular weight excluding hydrogens is 387 g/mol. The van der Waals surface area contributed by atoms with Gasteiger partial charge in [0.2, 0.25) is 0 Å². The molecular formula is C20H12Cl2N2OS. The number of aromatic nitrogens is 1. The fourth-order valence-electron chi connectivity index (χ4n) is 2.51. The molecule has 0 bridgehead atoms. The van der Waals surface area contributed by atoms with Crippen molar-refractivity contribution in [3.8, 4) is 16.3 Å². The summed E-state index contributed by atoms with van der Waals surface area (Å²) in [5.74, 6) is 0.174. The lowest BCUT2D eigenvalue weighted by Gasteiger charge is -2.03. The topological polar surface area (TPSA) is 45.5 Å². The molecule has 6 heteroatoms. The number of hydrogen-bond acceptors (Lipinski definition) is 4. The molecule has 0 aliphatic heterocycles. The van der Waals surface area contributed by atoms with Crippen molar-refractivity contribution in [3.05, 3.63) is 76.3 Å². The van der Waals surface area contributed by atoms with E-state index in [1.54, 1.807) is 30.5 Å². The first-order valence-corrected chi connectivity index (χ1v) is 9.35. The Morgan fingerprint density at radius 3 is 2.65 bits per heavy atom. The molecule has 0 amide bonds. The maximum atomic E-state index is 10.3. The normalized spacial score (nSPS) is 11.5. The maximum Gasteiger partial charge on any atom is 0.128 e. The van der Waals surface area contributed by atoms with Gasteiger partial charge in [-0.25, -0.2) is 4.98 Å². The van der Waals surface area contributed by atoms with Crippen molar-refractivity contribution >= 4 is 56.7 Å². The van der Waals surface area contributed by atoms with Gasteiger partial charge in [0, 0.05) is 16.8 Å². The monoisotopic (exact) mass is 398 g/mol. The van der Waals surface area contributed by atoms with Crippen molar-refractivity contribution in [1.29, 1.82) is 0 Å². The molecule has 4 aromatic rings. The molecule has 3 nitrogen and oxygen atoms in total. The SMILES string of the molecule is Oc1ccc(N=Cc2ccc(Cl)cc2Cl)cc1-c1nc2ccccc2s1. The predicted octanol–water partition coefficient (Wildman–Crippen LogP) is 6.73. The summed E-state index contributed by atoms with van der Waals surface area (Å²) in [6.07, 6.45) is 1.67. The van der Waals surface area contributed by atoms with Crippen LogP contribution in [0.25, 0.3) is 20.8 Å². The molecule has 0 fully saturated rings. The van der Waals surface area contributed by atoms with Crippen LogP contribution in [0.2, 0.25) is 10.0 Å². The predicted molar refractivity (Wildman–Crippen MR) is 110 cm³/mol. The zero-order valence-corrected chi connectivity index (χ0v) is 15.7. The Morgan fingerprint density at radius 2 is 1.85 bits per heavy atom. The smallest absolute Gasteiger partial charge is 0.128 e. The Labute approximate surface area is 164 Å². The Morgan fingerprint density at radius 1 is 1.00 bits per heavy atom. The number of fused-ring (bicyclic) bond motifs is 1. The Hall–Kier alpha value is -2.40. The van der Waals surface area contributed by atoms with Gasteiger partial charge < -0.3 is 5.11 Å². The van der Waals surface area contributed by atoms with Crippen LogP contribution in [0, 0.1) is 0 Å². The van der Waals surface area contributed by atoms with E-state index in [2.05, 4.69) is 9.98 Å². The summed E-state index contributed by atoms with van der Waals surface area (Å²) in [7, 11) is 0. The fraction of sp³-hybridized carbons (Fsp3) is 0. The number of aliphatic imine (C=N–C) groups is 1. The second-order valence-electron chi connectivity index (χ2n) is 5.61. The number of thiazole rings is 1. The van der Waals surface area contributed by atoms with E-state index in [1.165, 1.54) is 11.3 Å². The van der Waals surface area contributed by atoms with E-state index < -0.39 is 0 Å². The highest BCUT2D eigenvalue weighted by molar-refractivity contribution is 7.21. The second-order valence-corrected chi connectivity index (χ2v) is 7.49. The van der Waals surface area contributed by atoms with Gasteiger partial charge in [0.05, 0.1) is 26.5 Å². The van der Waals surface area contributed by atoms with E-state index in [0.717, 1.165) is 20.8 Å². The number of halogens is 2. The Bertz CT molecular complexity index is 1100. The number of nitrogens with zero attached hydrogens (tertiary/aromatic N) is 2. The highest BCUT2D eigenvalue weighted by Gasteiger charge is 2.11. The van der Waals surface area contributed by atoms with Crippen LogP contribution in [0.4, 0.5) is 5.69 Å². The van der Waals surface area contributed by atoms with E-state index in [4.69, 9.17) is 23.2 Å². The maximum absolute atomic E-state index is 10.3. The van der Waals surface area contributed by atoms with Gasteiger partial charge in [0.1, 0.15) is 10.8 Å². The molecule has 3 aromatic carbocycles. The van der Waals surface area contributed by atoms with Crippen LogP contribution >= 0.6 is 34.5 Å². The number of hydrogen-bond donors (Lipinski definition) is 1. The first kappa shape index (κ1) is 17.0. The summed E-state index contributed by atoms with van der Waals surface area (Å²) in [4.78, 5) is 9.06. The highest BCUT2D eigenvalue weighted by Crippen LogP contribution is 2.37. The van der Waals surface area contributed by atoms with Crippen molar-refractivity contribution < 1.29 is 5.11 Å². The Kier molecular flexibility index (Phi) is 4.64. The van der Waals surface area contributed by atoms with E-state index >= 15 is 0 Å². The molecule has 0 unspecified atom stereocenters. The summed E-state index contributed by atoms with van der Waals surface area (Å²) in [6, 6.07) is 18.3. The van der Waals surface area contributed by atoms with Gasteiger partial charge in [0.15, 0.2) is 0 Å². The van der Waals surface area contributed by atoms with Crippen LogP contribution in [0.5, 0.6) is 5.75 Å². The molecule has 0 atom stereocenters. The molecule has 0 aliphatic rings. The van der Waals surface area contributed by atoms with Gasteiger partial charge in [0.25, 0.3) is 0 Å². The number of phenolic OH excluding ortho intramolecular Hbond substituents is 1. The van der Waals surface area contributed by atoms with Crippen LogP contribution in [0.3, 0.4) is 0 Å². The summed E-state index contributed by atoms with van der Waals surface area (Å²) in [6.45, 7) is 0. The molecule has 128 valence electrons. The standard InChI is InChI=1S/C20H12Cl2N2OS/c21-13-6-5-12(16(22)9-13)11-23-14-7-8-18(25)15(10-14)20-24-17-3-1-2-4-19(17)26-20/h1-11,25H. The molecule has 0 spiro atoms. The third-order valence-electron chi connectivity index (χ3n) is 3.82. The minimum absolute atomic E-state index is 0.174. The summed E-state index contributed by atoms with van der Waals surface area (Å²) in [5.41, 5.74) is 3.03. The van der Waals surface area contributed by atoms with Crippen LogP contribution in [0.15, 0.2) is 65.7 Å². The van der Waals surface area contributed by atoms with Gasteiger partial charge in [-0.15, -0.1) is 11.3 Å². The van der Waals surface area contributed by atoms with Gasteiger partial charge in [-0.3, -0.25) is 4.99 Å². The van der Waals surface area contributed by atoms with E-state index in [-0.39, 0.29) is 5.75 Å². The van der Waals surface area contributed by atoms with Crippen LogP contribution < -0.4 is 0 Å². The minimum Gasteiger partial charge on any atom is -0.507 e. The second kappa shape index (κ2) is 7.08. The van der Waals surface area contributed by atoms with Gasteiger partial charge in [-0.1, -0.05) is 41.4 Å². The van der Waals surface area contributed by atoms with E-state index in [0.29, 0.717) is 21.3 Å². The van der Waals surface area contributed by atoms with Crippen LogP contribution in [-0.4, -0.2) is 16.3 Å². The van der Waals surface area contributed by atoms with E-state index in [9.17, 15) is 5.11 Å². The van der Waals surface area contributed by atoms with Gasteiger partial charge in [-0.05, 0) is 42.5 Å². The molecule has 4 rings (SSSR count). The Balaban J connectivity index is 1.71. The lowest BCUT2D eigenvalue weighted by Crippen LogP contribution is -1.83. The first-order chi connectivity index (χ1) is 12.6. The average Bonchev–Trinajstić information content (AvgIpc) is 3.06. The summed E-state index contributed by atoms with van der Waals surface area (Å²) in [5, 5.41) is 12.1. The largest absolute Gasteiger partial charge is 0.507 e. The van der Waals surface area contributed by atoms with Gasteiger partial charge in [-0.2, -0.15) is 0 Å². The van der Waals surface area contributed by atoms with Crippen molar-refractivity contribution in [3.63, 3.8) is 0 Å². The van der Waals surface area contributed by atoms with E-state index in [1.807, 2.05) is 36.4 Å². The van der Waals surface area contributed by atoms with Crippen molar-refractivity contribution in [2.45, 2.75) is 0 Å². The molecule has 1 N–H and O–H groups in total. The van der Waals surface area contributed by atoms with Gasteiger partial charge >= 0.3 is 0 Å². The quantitative estimate of drug-likeness (QED) is 0.389. The lowest BCUT2D eigenvalue weighted by atomic mass is 10.2. The number of rotatable bonds is 3. The zero-order valence-electron chi connectivity index (χ0n) is 13.4. The zero-order chi connectivity index (χ0) is 18.1. The average molecular weight is 399 g/mol. The van der Waals surface area contributed by atoms with Crippen molar-refractivity contribution in [2.24, 2.45) is 4.99 Å². The lowest BCUT2D eigenvalue weighted by molar-refractivity contribution is 0.477. The number of aromatic hydroxyl groups is 1. The van der Waals surface area contributed by atoms with Crippen LogP contribution in [0.1, 0.15) is 5.56 Å². The van der Waals surface area contributed by atoms with Crippen molar-refractivity contribution in [1.82, 2.24) is 4.98 Å². The number of benzene rings is 3. The molecule has 0 saturated carbocycles. The summed E-state index contributed by atoms with van der Waals surface area (Å²) < 4.78 is 1.07. The molecule has 0 radical (unpaired) electrons. The third kappa shape index (κ3) is 3.44.